The lowest BCUT2D eigenvalue weighted by Gasteiger charge is -2.30. The number of fused-ring (bicyclic) bond motifs is 2. The van der Waals surface area contributed by atoms with Gasteiger partial charge in [0.1, 0.15) is 6.23 Å². The molecule has 1 heterocycles. The summed E-state index contributed by atoms with van der Waals surface area (Å²) in [5.74, 6) is 1.02. The summed E-state index contributed by atoms with van der Waals surface area (Å²) in [6, 6.07) is 0. The molecule has 0 aromatic rings. The number of carbonyl (C=O) groups is 1. The molecule has 2 N–H and O–H groups in total. The molecule has 0 radical (unpaired) electrons. The Balaban J connectivity index is 2.02. The molecule has 1 saturated carbocycles. The van der Waals surface area contributed by atoms with Crippen LogP contribution < -0.4 is 5.32 Å². The first kappa shape index (κ1) is 8.48. The highest BCUT2D eigenvalue weighted by Gasteiger charge is 2.50. The number of carbonyl (C=O) groups excluding carboxylic acids is 1. The van der Waals surface area contributed by atoms with Crippen LogP contribution in [0, 0.1) is 23.7 Å². The maximum atomic E-state index is 11.7. The second-order valence-electron chi connectivity index (χ2n) is 4.70. The van der Waals surface area contributed by atoms with E-state index in [1.807, 2.05) is 0 Å². The maximum Gasteiger partial charge on any atom is 0.226 e. The Hall–Kier alpha value is -0.830. The van der Waals surface area contributed by atoms with Crippen molar-refractivity contribution in [3.05, 3.63) is 12.2 Å². The highest BCUT2D eigenvalue weighted by molar-refractivity contribution is 5.82. The fourth-order valence-corrected chi connectivity index (χ4v) is 3.38. The van der Waals surface area contributed by atoms with Crippen molar-refractivity contribution in [3.63, 3.8) is 0 Å². The zero-order valence-electron chi connectivity index (χ0n) is 8.02. The number of hydrogen-bond acceptors (Lipinski definition) is 2. The van der Waals surface area contributed by atoms with E-state index in [0.717, 1.165) is 12.8 Å². The number of aliphatic hydroxyl groups is 1. The normalized spacial score (nSPS) is 50.1. The van der Waals surface area contributed by atoms with Gasteiger partial charge in [-0.25, -0.2) is 0 Å². The molecule has 4 rings (SSSR count). The highest BCUT2D eigenvalue weighted by atomic mass is 16.3. The highest BCUT2D eigenvalue weighted by Crippen LogP contribution is 2.46. The van der Waals surface area contributed by atoms with Crippen LogP contribution in [-0.4, -0.2) is 17.2 Å². The van der Waals surface area contributed by atoms with Crippen molar-refractivity contribution in [3.8, 4) is 0 Å². The minimum atomic E-state index is -0.608. The van der Waals surface area contributed by atoms with Crippen LogP contribution in [0.1, 0.15) is 19.3 Å². The molecule has 0 aromatic heterocycles. The molecule has 1 aliphatic heterocycles. The second-order valence-corrected chi connectivity index (χ2v) is 4.70. The summed E-state index contributed by atoms with van der Waals surface area (Å²) < 4.78 is 0. The molecule has 3 aliphatic carbocycles. The van der Waals surface area contributed by atoms with E-state index in [4.69, 9.17) is 0 Å². The van der Waals surface area contributed by atoms with Crippen LogP contribution >= 0.6 is 0 Å². The Morgan fingerprint density at radius 2 is 2.00 bits per heavy atom. The Kier molecular flexibility index (Phi) is 1.71. The summed E-state index contributed by atoms with van der Waals surface area (Å²) in [7, 11) is 0. The van der Waals surface area contributed by atoms with Gasteiger partial charge in [-0.2, -0.15) is 0 Å². The molecule has 3 heteroatoms. The van der Waals surface area contributed by atoms with Gasteiger partial charge in [0.2, 0.25) is 5.91 Å². The number of rotatable bonds is 0. The third kappa shape index (κ3) is 0.989. The van der Waals surface area contributed by atoms with Crippen LogP contribution in [0.25, 0.3) is 0 Å². The number of allylic oxidation sites excluding steroid dienone is 2. The Morgan fingerprint density at radius 1 is 1.29 bits per heavy atom. The zero-order valence-corrected chi connectivity index (χ0v) is 8.02. The van der Waals surface area contributed by atoms with Crippen molar-refractivity contribution in [2.45, 2.75) is 25.5 Å². The third-order valence-electron chi connectivity index (χ3n) is 4.01. The largest absolute Gasteiger partial charge is 0.373 e. The second kappa shape index (κ2) is 2.83. The van der Waals surface area contributed by atoms with E-state index in [1.165, 1.54) is 6.42 Å². The molecule has 1 amide bonds. The molecule has 2 fully saturated rings. The van der Waals surface area contributed by atoms with Crippen LogP contribution in [0.2, 0.25) is 0 Å². The van der Waals surface area contributed by atoms with Gasteiger partial charge < -0.3 is 10.4 Å². The van der Waals surface area contributed by atoms with E-state index >= 15 is 0 Å². The molecule has 2 bridgehead atoms. The van der Waals surface area contributed by atoms with Crippen LogP contribution in [0.3, 0.4) is 0 Å². The van der Waals surface area contributed by atoms with Gasteiger partial charge >= 0.3 is 0 Å². The van der Waals surface area contributed by atoms with Crippen molar-refractivity contribution < 1.29 is 9.90 Å². The van der Waals surface area contributed by atoms with E-state index in [-0.39, 0.29) is 17.7 Å². The van der Waals surface area contributed by atoms with Crippen LogP contribution in [-0.2, 0) is 4.79 Å². The third-order valence-corrected chi connectivity index (χ3v) is 4.01. The summed E-state index contributed by atoms with van der Waals surface area (Å²) in [5, 5.41) is 12.4. The maximum absolute atomic E-state index is 11.7. The molecule has 3 nitrogen and oxygen atoms in total. The van der Waals surface area contributed by atoms with Crippen LogP contribution in [0.4, 0.5) is 0 Å². The van der Waals surface area contributed by atoms with Gasteiger partial charge in [0.25, 0.3) is 0 Å². The molecule has 0 spiro atoms. The fourth-order valence-electron chi connectivity index (χ4n) is 3.38. The van der Waals surface area contributed by atoms with Crippen LogP contribution in [0.15, 0.2) is 12.2 Å². The lowest BCUT2D eigenvalue weighted by atomic mass is 9.73. The number of aliphatic hydroxyl groups excluding tert-OH is 1. The average Bonchev–Trinajstić information content (AvgIpc) is 2.42. The number of amides is 1. The zero-order chi connectivity index (χ0) is 9.71. The topological polar surface area (TPSA) is 49.3 Å². The molecule has 5 atom stereocenters. The van der Waals surface area contributed by atoms with Gasteiger partial charge in [-0.15, -0.1) is 0 Å². The lowest BCUT2D eigenvalue weighted by Crippen LogP contribution is -2.33. The predicted octanol–water partition coefficient (Wildman–Crippen LogP) is 0.653. The molecule has 5 unspecified atom stereocenters. The van der Waals surface area contributed by atoms with Crippen LogP contribution in [0.5, 0.6) is 0 Å². The summed E-state index contributed by atoms with van der Waals surface area (Å²) in [6.45, 7) is 0. The Bertz CT molecular complexity index is 300. The standard InChI is InChI=1S/C11H15NO2/c13-10-8-6-2-1-3-7(5-4-6)9(8)11(14)12-10/h4-10,13H,1-3H2,(H,12,14). The van der Waals surface area contributed by atoms with Gasteiger partial charge in [0.15, 0.2) is 0 Å². The van der Waals surface area contributed by atoms with Gasteiger partial charge in [-0.3, -0.25) is 4.79 Å². The van der Waals surface area contributed by atoms with Crippen molar-refractivity contribution in [1.29, 1.82) is 0 Å². The smallest absolute Gasteiger partial charge is 0.226 e. The first-order valence-corrected chi connectivity index (χ1v) is 5.44. The van der Waals surface area contributed by atoms with Gasteiger partial charge in [0, 0.05) is 5.92 Å². The molecule has 1 saturated heterocycles. The molecule has 76 valence electrons. The summed E-state index contributed by atoms with van der Waals surface area (Å²) in [6.07, 6.45) is 7.21. The molecular formula is C11H15NO2. The van der Waals surface area contributed by atoms with E-state index in [9.17, 15) is 9.90 Å². The molecular weight excluding hydrogens is 178 g/mol. The van der Waals surface area contributed by atoms with Crippen molar-refractivity contribution in [2.75, 3.05) is 0 Å². The summed E-state index contributed by atoms with van der Waals surface area (Å²) >= 11 is 0. The minimum absolute atomic E-state index is 0.0440. The average molecular weight is 193 g/mol. The molecule has 0 aromatic carbocycles. The SMILES string of the molecule is O=C1NC(O)C2C3C=CC(CCC3)C12. The minimum Gasteiger partial charge on any atom is -0.373 e. The Labute approximate surface area is 83.2 Å². The quantitative estimate of drug-likeness (QED) is 0.555. The fraction of sp³-hybridized carbons (Fsp3) is 0.727. The summed E-state index contributed by atoms with van der Waals surface area (Å²) in [5.41, 5.74) is 0. The molecule has 4 aliphatic rings. The number of hydrogen-bond donors (Lipinski definition) is 2. The van der Waals surface area contributed by atoms with Crippen molar-refractivity contribution in [2.24, 2.45) is 23.7 Å². The van der Waals surface area contributed by atoms with Gasteiger partial charge in [-0.1, -0.05) is 18.6 Å². The number of nitrogens with one attached hydrogen (secondary N) is 1. The first-order valence-electron chi connectivity index (χ1n) is 5.44. The van der Waals surface area contributed by atoms with Gasteiger partial charge in [0.05, 0.1) is 5.92 Å². The first-order chi connectivity index (χ1) is 6.77. The summed E-state index contributed by atoms with van der Waals surface area (Å²) in [4.78, 5) is 11.7. The lowest BCUT2D eigenvalue weighted by molar-refractivity contribution is -0.124. The van der Waals surface area contributed by atoms with E-state index in [2.05, 4.69) is 17.5 Å². The van der Waals surface area contributed by atoms with Gasteiger partial charge in [-0.05, 0) is 24.7 Å². The Morgan fingerprint density at radius 3 is 2.86 bits per heavy atom. The van der Waals surface area contributed by atoms with Crippen molar-refractivity contribution in [1.82, 2.24) is 5.32 Å². The van der Waals surface area contributed by atoms with Crippen molar-refractivity contribution >= 4 is 5.91 Å². The van der Waals surface area contributed by atoms with E-state index in [0.29, 0.717) is 11.8 Å². The molecule has 14 heavy (non-hydrogen) atoms. The van der Waals surface area contributed by atoms with E-state index in [1.54, 1.807) is 0 Å². The van der Waals surface area contributed by atoms with E-state index < -0.39 is 6.23 Å². The monoisotopic (exact) mass is 193 g/mol. The predicted molar refractivity (Wildman–Crippen MR) is 51.1 cm³/mol.